The second kappa shape index (κ2) is 7.38. The number of halogens is 3. The van der Waals surface area contributed by atoms with E-state index in [2.05, 4.69) is 10.6 Å². The molecule has 1 amide bonds. The molecule has 2 aromatic carbocycles. The molecule has 0 aliphatic heterocycles. The summed E-state index contributed by atoms with van der Waals surface area (Å²) < 4.78 is 38.1. The lowest BCUT2D eigenvalue weighted by Crippen LogP contribution is -2.13. The number of carbonyl (C=O) groups is 1. The number of rotatable bonds is 5. The van der Waals surface area contributed by atoms with Gasteiger partial charge in [-0.05, 0) is 48.4 Å². The van der Waals surface area contributed by atoms with Gasteiger partial charge in [-0.3, -0.25) is 4.79 Å². The van der Waals surface area contributed by atoms with Gasteiger partial charge in [-0.1, -0.05) is 19.9 Å². The first kappa shape index (κ1) is 17.8. The van der Waals surface area contributed by atoms with E-state index in [0.717, 1.165) is 12.1 Å². The minimum atomic E-state index is -4.37. The summed E-state index contributed by atoms with van der Waals surface area (Å²) in [5, 5.41) is 5.69. The summed E-state index contributed by atoms with van der Waals surface area (Å²) >= 11 is 0. The molecule has 6 heteroatoms. The van der Waals surface area contributed by atoms with E-state index in [1.165, 1.54) is 6.07 Å². The number of amides is 1. The molecular weight excluding hydrogens is 317 g/mol. The molecule has 2 N–H and O–H groups in total. The largest absolute Gasteiger partial charge is 0.416 e. The Morgan fingerprint density at radius 1 is 1.00 bits per heavy atom. The van der Waals surface area contributed by atoms with Crippen LogP contribution >= 0.6 is 0 Å². The molecule has 3 nitrogen and oxygen atoms in total. The van der Waals surface area contributed by atoms with Gasteiger partial charge in [0.2, 0.25) is 5.91 Å². The number of hydrogen-bond acceptors (Lipinski definition) is 2. The minimum absolute atomic E-state index is 0.0661. The Morgan fingerprint density at radius 2 is 1.62 bits per heavy atom. The second-order valence-electron chi connectivity index (χ2n) is 5.93. The number of benzene rings is 2. The predicted molar refractivity (Wildman–Crippen MR) is 89.3 cm³/mol. The van der Waals surface area contributed by atoms with Crippen molar-refractivity contribution in [2.24, 2.45) is 5.92 Å². The normalized spacial score (nSPS) is 11.4. The zero-order valence-corrected chi connectivity index (χ0v) is 13.4. The minimum Gasteiger partial charge on any atom is -0.356 e. The third kappa shape index (κ3) is 5.30. The van der Waals surface area contributed by atoms with Gasteiger partial charge in [-0.15, -0.1) is 0 Å². The summed E-state index contributed by atoms with van der Waals surface area (Å²) in [5.41, 5.74) is 0.929. The van der Waals surface area contributed by atoms with Crippen LogP contribution in [0.25, 0.3) is 0 Å². The fourth-order valence-electron chi connectivity index (χ4n) is 2.16. The molecule has 0 heterocycles. The van der Waals surface area contributed by atoms with Gasteiger partial charge in [0, 0.05) is 23.5 Å². The Balaban J connectivity index is 2.03. The van der Waals surface area contributed by atoms with Crippen molar-refractivity contribution in [1.29, 1.82) is 0 Å². The van der Waals surface area contributed by atoms with Crippen LogP contribution in [0.2, 0.25) is 0 Å². The zero-order valence-electron chi connectivity index (χ0n) is 13.4. The Labute approximate surface area is 138 Å². The molecule has 0 spiro atoms. The highest BCUT2D eigenvalue weighted by molar-refractivity contribution is 5.91. The molecule has 24 heavy (non-hydrogen) atoms. The number of nitrogens with one attached hydrogen (secondary N) is 2. The summed E-state index contributed by atoms with van der Waals surface area (Å²) in [6.45, 7) is 3.92. The second-order valence-corrected chi connectivity index (χ2v) is 5.93. The number of carbonyl (C=O) groups excluding carboxylic acids is 1. The van der Waals surface area contributed by atoms with Crippen molar-refractivity contribution < 1.29 is 18.0 Å². The average molecular weight is 336 g/mol. The molecule has 128 valence electrons. The molecule has 0 saturated carbocycles. The highest BCUT2D eigenvalue weighted by atomic mass is 19.4. The molecule has 0 bridgehead atoms. The molecular formula is C18H19F3N2O. The van der Waals surface area contributed by atoms with Gasteiger partial charge in [-0.2, -0.15) is 13.2 Å². The van der Waals surface area contributed by atoms with Crippen LogP contribution in [0.1, 0.15) is 25.8 Å². The van der Waals surface area contributed by atoms with E-state index >= 15 is 0 Å². The van der Waals surface area contributed by atoms with Gasteiger partial charge in [0.15, 0.2) is 0 Å². The molecule has 0 aliphatic rings. The van der Waals surface area contributed by atoms with Crippen LogP contribution in [0.15, 0.2) is 48.5 Å². The van der Waals surface area contributed by atoms with E-state index in [4.69, 9.17) is 0 Å². The van der Waals surface area contributed by atoms with E-state index in [9.17, 15) is 18.0 Å². The van der Waals surface area contributed by atoms with Crippen LogP contribution in [0.5, 0.6) is 0 Å². The average Bonchev–Trinajstić information content (AvgIpc) is 2.48. The van der Waals surface area contributed by atoms with Gasteiger partial charge in [0.1, 0.15) is 0 Å². The monoisotopic (exact) mass is 336 g/mol. The maximum absolute atomic E-state index is 12.7. The van der Waals surface area contributed by atoms with E-state index in [1.54, 1.807) is 30.3 Å². The lowest BCUT2D eigenvalue weighted by Gasteiger charge is -2.11. The maximum Gasteiger partial charge on any atom is 0.416 e. The van der Waals surface area contributed by atoms with Crippen LogP contribution in [0.3, 0.4) is 0 Å². The summed E-state index contributed by atoms with van der Waals surface area (Å²) in [6, 6.07) is 11.8. The predicted octanol–water partition coefficient (Wildman–Crippen LogP) is 5.43. The number of hydrogen-bond donors (Lipinski definition) is 2. The zero-order chi connectivity index (χ0) is 17.7. The third-order valence-electron chi connectivity index (χ3n) is 3.24. The standard InChI is InChI=1S/C18H19F3N2O/c1-12(2)10-17(24)23-15-8-6-14(7-9-15)22-16-5-3-4-13(11-16)18(19,20)21/h3-9,11-12,22H,10H2,1-2H3,(H,23,24). The van der Waals surface area contributed by atoms with Gasteiger partial charge in [0.25, 0.3) is 0 Å². The summed E-state index contributed by atoms with van der Waals surface area (Å²) in [7, 11) is 0. The summed E-state index contributed by atoms with van der Waals surface area (Å²) in [4.78, 5) is 11.7. The lowest BCUT2D eigenvalue weighted by molar-refractivity contribution is -0.137. The number of anilines is 3. The molecule has 0 radical (unpaired) electrons. The SMILES string of the molecule is CC(C)CC(=O)Nc1ccc(Nc2cccc(C(F)(F)F)c2)cc1. The van der Waals surface area contributed by atoms with Crippen LogP contribution < -0.4 is 10.6 Å². The van der Waals surface area contributed by atoms with Crippen molar-refractivity contribution in [2.75, 3.05) is 10.6 Å². The van der Waals surface area contributed by atoms with Gasteiger partial charge in [0.05, 0.1) is 5.56 Å². The first-order valence-electron chi connectivity index (χ1n) is 7.58. The van der Waals surface area contributed by atoms with Crippen molar-refractivity contribution in [3.8, 4) is 0 Å². The van der Waals surface area contributed by atoms with Crippen molar-refractivity contribution in [1.82, 2.24) is 0 Å². The summed E-state index contributed by atoms with van der Waals surface area (Å²) in [6.07, 6.45) is -3.94. The van der Waals surface area contributed by atoms with Crippen LogP contribution in [-0.4, -0.2) is 5.91 Å². The van der Waals surface area contributed by atoms with Gasteiger partial charge in [-0.25, -0.2) is 0 Å². The molecule has 0 aliphatic carbocycles. The van der Waals surface area contributed by atoms with Crippen molar-refractivity contribution in [3.63, 3.8) is 0 Å². The van der Waals surface area contributed by atoms with Gasteiger partial charge >= 0.3 is 6.18 Å². The van der Waals surface area contributed by atoms with Crippen molar-refractivity contribution in [2.45, 2.75) is 26.4 Å². The highest BCUT2D eigenvalue weighted by Crippen LogP contribution is 2.31. The van der Waals surface area contributed by atoms with E-state index in [-0.39, 0.29) is 11.8 Å². The fourth-order valence-corrected chi connectivity index (χ4v) is 2.16. The number of alkyl halides is 3. The van der Waals surface area contributed by atoms with E-state index < -0.39 is 11.7 Å². The smallest absolute Gasteiger partial charge is 0.356 e. The Kier molecular flexibility index (Phi) is 5.49. The molecule has 0 fully saturated rings. The first-order chi connectivity index (χ1) is 11.2. The third-order valence-corrected chi connectivity index (χ3v) is 3.24. The quantitative estimate of drug-likeness (QED) is 0.764. The van der Waals surface area contributed by atoms with Gasteiger partial charge < -0.3 is 10.6 Å². The Morgan fingerprint density at radius 3 is 2.21 bits per heavy atom. The molecule has 0 unspecified atom stereocenters. The highest BCUT2D eigenvalue weighted by Gasteiger charge is 2.30. The molecule has 0 atom stereocenters. The van der Waals surface area contributed by atoms with Crippen molar-refractivity contribution >= 4 is 23.0 Å². The first-order valence-corrected chi connectivity index (χ1v) is 7.58. The lowest BCUT2D eigenvalue weighted by atomic mass is 10.1. The molecule has 2 aromatic rings. The fraction of sp³-hybridized carbons (Fsp3) is 0.278. The summed E-state index contributed by atoms with van der Waals surface area (Å²) in [5.74, 6) is 0.204. The molecule has 0 saturated heterocycles. The van der Waals surface area contributed by atoms with Crippen LogP contribution in [-0.2, 0) is 11.0 Å². The Bertz CT molecular complexity index is 694. The molecule has 2 rings (SSSR count). The maximum atomic E-state index is 12.7. The van der Waals surface area contributed by atoms with E-state index in [0.29, 0.717) is 23.5 Å². The van der Waals surface area contributed by atoms with Crippen LogP contribution in [0, 0.1) is 5.92 Å². The topological polar surface area (TPSA) is 41.1 Å². The Hall–Kier alpha value is -2.50. The molecule has 0 aromatic heterocycles. The van der Waals surface area contributed by atoms with E-state index in [1.807, 2.05) is 13.8 Å². The van der Waals surface area contributed by atoms with Crippen molar-refractivity contribution in [3.05, 3.63) is 54.1 Å². The van der Waals surface area contributed by atoms with Crippen LogP contribution in [0.4, 0.5) is 30.2 Å².